The molecule has 0 spiro atoms. The Labute approximate surface area is 127 Å². The van der Waals surface area contributed by atoms with Gasteiger partial charge >= 0.3 is 5.97 Å². The first kappa shape index (κ1) is 18.0. The zero-order valence-electron chi connectivity index (χ0n) is 14.2. The molecule has 1 saturated heterocycles. The predicted molar refractivity (Wildman–Crippen MR) is 80.7 cm³/mol. The summed E-state index contributed by atoms with van der Waals surface area (Å²) < 4.78 is 11.3. The fourth-order valence-electron chi connectivity index (χ4n) is 2.91. The van der Waals surface area contributed by atoms with Crippen LogP contribution in [0.5, 0.6) is 0 Å². The van der Waals surface area contributed by atoms with Crippen LogP contribution in [-0.4, -0.2) is 36.7 Å². The summed E-state index contributed by atoms with van der Waals surface area (Å²) in [4.78, 5) is 22.5. The maximum atomic E-state index is 11.5. The number of ether oxygens (including phenoxy) is 2. The summed E-state index contributed by atoms with van der Waals surface area (Å²) in [5.74, 6) is 0.0947. The molecule has 1 amide bonds. The molecule has 0 aromatic carbocycles. The molecule has 1 fully saturated rings. The highest BCUT2D eigenvalue weighted by atomic mass is 16.6. The molecule has 1 N–H and O–H groups in total. The van der Waals surface area contributed by atoms with E-state index in [-0.39, 0.29) is 54.0 Å². The maximum Gasteiger partial charge on any atom is 0.302 e. The molecule has 5 heteroatoms. The van der Waals surface area contributed by atoms with E-state index < -0.39 is 0 Å². The number of hydrogen-bond donors (Lipinski definition) is 1. The third kappa shape index (κ3) is 4.70. The number of nitrogens with one attached hydrogen (secondary N) is 1. The second-order valence-electron chi connectivity index (χ2n) is 7.21. The zero-order chi connectivity index (χ0) is 16.4. The van der Waals surface area contributed by atoms with Crippen LogP contribution >= 0.6 is 0 Å². The van der Waals surface area contributed by atoms with Gasteiger partial charge in [0.2, 0.25) is 5.91 Å². The minimum atomic E-state index is -0.297. The summed E-state index contributed by atoms with van der Waals surface area (Å²) in [6, 6.07) is -0.0360. The van der Waals surface area contributed by atoms with Crippen LogP contribution in [-0.2, 0) is 19.1 Å². The molecule has 1 aliphatic heterocycles. The van der Waals surface area contributed by atoms with E-state index in [4.69, 9.17) is 9.47 Å². The van der Waals surface area contributed by atoms with Crippen molar-refractivity contribution in [2.75, 3.05) is 6.61 Å². The molecule has 1 rings (SSSR count). The minimum Gasteiger partial charge on any atom is -0.463 e. The van der Waals surface area contributed by atoms with E-state index in [0.717, 1.165) is 0 Å². The lowest BCUT2D eigenvalue weighted by molar-refractivity contribution is -0.182. The van der Waals surface area contributed by atoms with Gasteiger partial charge in [0.25, 0.3) is 0 Å². The van der Waals surface area contributed by atoms with E-state index in [9.17, 15) is 9.59 Å². The van der Waals surface area contributed by atoms with Crippen LogP contribution in [0.3, 0.4) is 0 Å². The fourth-order valence-corrected chi connectivity index (χ4v) is 2.91. The SMILES string of the molecule is CC(=O)NC1[C@@H](C)[C@H](C)C(COC(C)=O)O[C@H]1C(C)(C)C. The predicted octanol–water partition coefficient (Wildman–Crippen LogP) is 2.14. The van der Waals surface area contributed by atoms with Crippen LogP contribution in [0.1, 0.15) is 48.5 Å². The lowest BCUT2D eigenvalue weighted by Crippen LogP contribution is -2.61. The summed E-state index contributed by atoms with van der Waals surface area (Å²) in [6.07, 6.45) is -0.258. The molecule has 0 radical (unpaired) electrons. The highest BCUT2D eigenvalue weighted by Gasteiger charge is 2.46. The van der Waals surface area contributed by atoms with Crippen molar-refractivity contribution in [3.63, 3.8) is 0 Å². The topological polar surface area (TPSA) is 64.6 Å². The lowest BCUT2D eigenvalue weighted by atomic mass is 9.72. The van der Waals surface area contributed by atoms with Gasteiger partial charge in [-0.3, -0.25) is 9.59 Å². The molecule has 21 heavy (non-hydrogen) atoms. The first-order valence-corrected chi connectivity index (χ1v) is 7.60. The quantitative estimate of drug-likeness (QED) is 0.811. The molecule has 1 heterocycles. The Morgan fingerprint density at radius 1 is 1.14 bits per heavy atom. The first-order chi connectivity index (χ1) is 9.54. The van der Waals surface area contributed by atoms with E-state index >= 15 is 0 Å². The Balaban J connectivity index is 2.93. The summed E-state index contributed by atoms with van der Waals surface area (Å²) >= 11 is 0. The Morgan fingerprint density at radius 2 is 1.71 bits per heavy atom. The van der Waals surface area contributed by atoms with Crippen LogP contribution in [0.4, 0.5) is 0 Å². The second-order valence-corrected chi connectivity index (χ2v) is 7.21. The number of rotatable bonds is 3. The van der Waals surface area contributed by atoms with Gasteiger partial charge in [0, 0.05) is 13.8 Å². The van der Waals surface area contributed by atoms with Crippen molar-refractivity contribution in [3.05, 3.63) is 0 Å². The smallest absolute Gasteiger partial charge is 0.302 e. The number of esters is 1. The van der Waals surface area contributed by atoms with E-state index in [2.05, 4.69) is 39.9 Å². The van der Waals surface area contributed by atoms with E-state index in [1.807, 2.05) is 0 Å². The lowest BCUT2D eigenvalue weighted by Gasteiger charge is -2.49. The van der Waals surface area contributed by atoms with Gasteiger partial charge in [-0.15, -0.1) is 0 Å². The number of carbonyl (C=O) groups excluding carboxylic acids is 2. The zero-order valence-corrected chi connectivity index (χ0v) is 14.2. The summed E-state index contributed by atoms with van der Waals surface area (Å²) in [7, 11) is 0. The van der Waals surface area contributed by atoms with Crippen LogP contribution in [0.2, 0.25) is 0 Å². The van der Waals surface area contributed by atoms with Gasteiger partial charge < -0.3 is 14.8 Å². The molecule has 1 aliphatic rings. The standard InChI is InChI=1S/C16H29NO4/c1-9-10(2)14(17-11(3)18)15(16(5,6)7)21-13(9)8-20-12(4)19/h9-10,13-15H,8H2,1-7H3,(H,17,18)/t9-,10-,13?,14?,15+/m0/s1. The average molecular weight is 299 g/mol. The van der Waals surface area contributed by atoms with E-state index in [1.165, 1.54) is 13.8 Å². The first-order valence-electron chi connectivity index (χ1n) is 7.60. The van der Waals surface area contributed by atoms with Crippen LogP contribution in [0.25, 0.3) is 0 Å². The van der Waals surface area contributed by atoms with Crippen molar-refractivity contribution in [2.24, 2.45) is 17.3 Å². The van der Waals surface area contributed by atoms with Crippen molar-refractivity contribution in [2.45, 2.75) is 66.7 Å². The molecular formula is C16H29NO4. The van der Waals surface area contributed by atoms with Gasteiger partial charge in [-0.25, -0.2) is 0 Å². The fraction of sp³-hybridized carbons (Fsp3) is 0.875. The van der Waals surface area contributed by atoms with Crippen molar-refractivity contribution >= 4 is 11.9 Å². The Morgan fingerprint density at radius 3 is 2.14 bits per heavy atom. The Kier molecular flexibility index (Phi) is 5.79. The van der Waals surface area contributed by atoms with Crippen LogP contribution in [0, 0.1) is 17.3 Å². The van der Waals surface area contributed by atoms with Gasteiger partial charge in [-0.1, -0.05) is 34.6 Å². The molecule has 122 valence electrons. The molecule has 5 atom stereocenters. The molecule has 2 unspecified atom stereocenters. The average Bonchev–Trinajstić information content (AvgIpc) is 2.31. The van der Waals surface area contributed by atoms with Crippen molar-refractivity contribution in [1.82, 2.24) is 5.32 Å². The molecular weight excluding hydrogens is 270 g/mol. The molecule has 0 saturated carbocycles. The largest absolute Gasteiger partial charge is 0.463 e. The van der Waals surface area contributed by atoms with Gasteiger partial charge in [-0.05, 0) is 17.3 Å². The number of hydrogen-bond acceptors (Lipinski definition) is 4. The highest BCUT2D eigenvalue weighted by molar-refractivity contribution is 5.73. The third-order valence-corrected chi connectivity index (χ3v) is 4.30. The number of amides is 1. The summed E-state index contributed by atoms with van der Waals surface area (Å²) in [6.45, 7) is 13.7. The number of carbonyl (C=O) groups is 2. The summed E-state index contributed by atoms with van der Waals surface area (Å²) in [5, 5.41) is 3.03. The highest BCUT2D eigenvalue weighted by Crippen LogP contribution is 2.38. The molecule has 0 aromatic rings. The Hall–Kier alpha value is -1.10. The van der Waals surface area contributed by atoms with Crippen molar-refractivity contribution < 1.29 is 19.1 Å². The van der Waals surface area contributed by atoms with Gasteiger partial charge in [0.05, 0.1) is 18.2 Å². The van der Waals surface area contributed by atoms with Gasteiger partial charge in [-0.2, -0.15) is 0 Å². The van der Waals surface area contributed by atoms with Gasteiger partial charge in [0.1, 0.15) is 6.61 Å². The van der Waals surface area contributed by atoms with Crippen molar-refractivity contribution in [3.8, 4) is 0 Å². The Bertz CT molecular complexity index is 386. The maximum absolute atomic E-state index is 11.5. The van der Waals surface area contributed by atoms with Gasteiger partial charge in [0.15, 0.2) is 0 Å². The molecule has 5 nitrogen and oxygen atoms in total. The second kappa shape index (κ2) is 6.77. The van der Waals surface area contributed by atoms with E-state index in [0.29, 0.717) is 0 Å². The van der Waals surface area contributed by atoms with Crippen molar-refractivity contribution in [1.29, 1.82) is 0 Å². The molecule has 0 aliphatic carbocycles. The normalized spacial score (nSPS) is 33.4. The van der Waals surface area contributed by atoms with E-state index in [1.54, 1.807) is 0 Å². The van der Waals surface area contributed by atoms with Crippen LogP contribution in [0.15, 0.2) is 0 Å². The molecule has 0 aromatic heterocycles. The monoisotopic (exact) mass is 299 g/mol. The summed E-state index contributed by atoms with van der Waals surface area (Å²) in [5.41, 5.74) is -0.115. The third-order valence-electron chi connectivity index (χ3n) is 4.30. The van der Waals surface area contributed by atoms with Crippen LogP contribution < -0.4 is 5.32 Å². The molecule has 0 bridgehead atoms. The minimum absolute atomic E-state index is 0.0360.